The molecule has 4 nitrogen and oxygen atoms in total. The molecule has 134 valence electrons. The minimum atomic E-state index is 0.114. The van der Waals surface area contributed by atoms with Crippen LogP contribution in [0, 0.1) is 6.92 Å². The van der Waals surface area contributed by atoms with Crippen LogP contribution in [0.3, 0.4) is 0 Å². The molecule has 0 N–H and O–H groups in total. The Morgan fingerprint density at radius 1 is 1.00 bits per heavy atom. The van der Waals surface area contributed by atoms with Crippen LogP contribution in [0.2, 0.25) is 0 Å². The SMILES string of the molecule is Cc1nc2ccccc2nc1SCC(=O)N(Cc1ccccc1)C(C)C. The minimum Gasteiger partial charge on any atom is -0.335 e. The highest BCUT2D eigenvalue weighted by atomic mass is 32.2. The summed E-state index contributed by atoms with van der Waals surface area (Å²) in [5.41, 5.74) is 3.74. The molecule has 0 fully saturated rings. The van der Waals surface area contributed by atoms with Crippen molar-refractivity contribution in [2.75, 3.05) is 5.75 Å². The van der Waals surface area contributed by atoms with E-state index < -0.39 is 0 Å². The quantitative estimate of drug-likeness (QED) is 0.605. The van der Waals surface area contributed by atoms with Gasteiger partial charge in [0.1, 0.15) is 5.03 Å². The zero-order chi connectivity index (χ0) is 18.5. The lowest BCUT2D eigenvalue weighted by Gasteiger charge is -2.27. The first-order valence-corrected chi connectivity index (χ1v) is 9.72. The summed E-state index contributed by atoms with van der Waals surface area (Å²) in [6.45, 7) is 6.66. The summed E-state index contributed by atoms with van der Waals surface area (Å²) in [6.07, 6.45) is 0. The number of aromatic nitrogens is 2. The second-order valence-electron chi connectivity index (χ2n) is 6.49. The summed E-state index contributed by atoms with van der Waals surface area (Å²) in [5, 5.41) is 0.820. The lowest BCUT2D eigenvalue weighted by Crippen LogP contribution is -2.37. The molecule has 0 atom stereocenters. The molecule has 3 aromatic rings. The van der Waals surface area contributed by atoms with E-state index in [1.807, 2.05) is 68.1 Å². The van der Waals surface area contributed by atoms with Crippen LogP contribution in [0.1, 0.15) is 25.1 Å². The first-order valence-electron chi connectivity index (χ1n) is 8.74. The van der Waals surface area contributed by atoms with E-state index in [2.05, 4.69) is 22.1 Å². The van der Waals surface area contributed by atoms with E-state index in [4.69, 9.17) is 0 Å². The topological polar surface area (TPSA) is 46.1 Å². The van der Waals surface area contributed by atoms with E-state index in [0.717, 1.165) is 27.3 Å². The number of carbonyl (C=O) groups is 1. The average Bonchev–Trinajstić information content (AvgIpc) is 2.64. The minimum absolute atomic E-state index is 0.114. The van der Waals surface area contributed by atoms with E-state index >= 15 is 0 Å². The van der Waals surface area contributed by atoms with Gasteiger partial charge in [-0.25, -0.2) is 9.97 Å². The van der Waals surface area contributed by atoms with Crippen LogP contribution >= 0.6 is 11.8 Å². The fraction of sp³-hybridized carbons (Fsp3) is 0.286. The number of aryl methyl sites for hydroxylation is 1. The molecule has 0 aliphatic heterocycles. The Morgan fingerprint density at radius 2 is 1.62 bits per heavy atom. The molecule has 1 heterocycles. The Balaban J connectivity index is 1.71. The first kappa shape index (κ1) is 18.4. The van der Waals surface area contributed by atoms with Crippen molar-refractivity contribution in [2.24, 2.45) is 0 Å². The molecule has 0 aliphatic carbocycles. The van der Waals surface area contributed by atoms with E-state index in [-0.39, 0.29) is 11.9 Å². The van der Waals surface area contributed by atoms with Crippen molar-refractivity contribution in [1.82, 2.24) is 14.9 Å². The monoisotopic (exact) mass is 365 g/mol. The third-order valence-corrected chi connectivity index (χ3v) is 5.22. The fourth-order valence-corrected chi connectivity index (χ4v) is 3.60. The van der Waals surface area contributed by atoms with Crippen LogP contribution in [-0.2, 0) is 11.3 Å². The number of carbonyl (C=O) groups excluding carboxylic acids is 1. The number of amides is 1. The van der Waals surface area contributed by atoms with Crippen LogP contribution in [0.4, 0.5) is 0 Å². The molecular formula is C21H23N3OS. The summed E-state index contributed by atoms with van der Waals surface area (Å²) >= 11 is 1.46. The molecule has 5 heteroatoms. The van der Waals surface area contributed by atoms with Crippen molar-refractivity contribution >= 4 is 28.7 Å². The zero-order valence-electron chi connectivity index (χ0n) is 15.3. The molecule has 1 aromatic heterocycles. The number of benzene rings is 2. The van der Waals surface area contributed by atoms with Crippen LogP contribution in [-0.4, -0.2) is 32.6 Å². The molecule has 0 unspecified atom stereocenters. The van der Waals surface area contributed by atoms with Crippen molar-refractivity contribution in [3.63, 3.8) is 0 Å². The van der Waals surface area contributed by atoms with Crippen LogP contribution in [0.5, 0.6) is 0 Å². The van der Waals surface area contributed by atoms with E-state index in [1.165, 1.54) is 11.8 Å². The average molecular weight is 366 g/mol. The molecule has 1 amide bonds. The summed E-state index contributed by atoms with van der Waals surface area (Å²) in [4.78, 5) is 24.0. The van der Waals surface area contributed by atoms with Gasteiger partial charge in [0.05, 0.1) is 22.5 Å². The van der Waals surface area contributed by atoms with Gasteiger partial charge in [-0.1, -0.05) is 54.2 Å². The molecule has 0 saturated heterocycles. The highest BCUT2D eigenvalue weighted by Crippen LogP contribution is 2.23. The Labute approximate surface area is 158 Å². The summed E-state index contributed by atoms with van der Waals surface area (Å²) < 4.78 is 0. The molecule has 3 rings (SSSR count). The molecule has 26 heavy (non-hydrogen) atoms. The summed E-state index contributed by atoms with van der Waals surface area (Å²) in [7, 11) is 0. The number of rotatable bonds is 6. The first-order chi connectivity index (χ1) is 12.5. The Bertz CT molecular complexity index is 896. The van der Waals surface area contributed by atoms with Gasteiger partial charge in [0.15, 0.2) is 0 Å². The molecule has 0 spiro atoms. The van der Waals surface area contributed by atoms with Crippen LogP contribution in [0.15, 0.2) is 59.6 Å². The van der Waals surface area contributed by atoms with E-state index in [1.54, 1.807) is 0 Å². The largest absolute Gasteiger partial charge is 0.335 e. The Morgan fingerprint density at radius 3 is 2.27 bits per heavy atom. The maximum atomic E-state index is 12.8. The van der Waals surface area contributed by atoms with Crippen LogP contribution < -0.4 is 0 Å². The standard InChI is InChI=1S/C21H23N3OS/c1-15(2)24(13-17-9-5-4-6-10-17)20(25)14-26-21-16(3)22-18-11-7-8-12-19(18)23-21/h4-12,15H,13-14H2,1-3H3. The van der Waals surface area contributed by atoms with E-state index in [9.17, 15) is 4.79 Å². The van der Waals surface area contributed by atoms with Gasteiger partial charge in [-0.3, -0.25) is 4.79 Å². The molecule has 0 bridgehead atoms. The number of hydrogen-bond acceptors (Lipinski definition) is 4. The van der Waals surface area contributed by atoms with Gasteiger partial charge in [0, 0.05) is 12.6 Å². The predicted molar refractivity (Wildman–Crippen MR) is 107 cm³/mol. The van der Waals surface area contributed by atoms with Crippen molar-refractivity contribution in [2.45, 2.75) is 38.4 Å². The third kappa shape index (κ3) is 4.41. The second kappa shape index (κ2) is 8.32. The number of para-hydroxylation sites is 2. The number of fused-ring (bicyclic) bond motifs is 1. The van der Waals surface area contributed by atoms with Gasteiger partial charge in [-0.2, -0.15) is 0 Å². The van der Waals surface area contributed by atoms with Gasteiger partial charge in [0.2, 0.25) is 5.91 Å². The Kier molecular flexibility index (Phi) is 5.89. The smallest absolute Gasteiger partial charge is 0.233 e. The van der Waals surface area contributed by atoms with Crippen molar-refractivity contribution in [3.05, 3.63) is 65.9 Å². The van der Waals surface area contributed by atoms with Crippen molar-refractivity contribution in [1.29, 1.82) is 0 Å². The maximum absolute atomic E-state index is 12.8. The van der Waals surface area contributed by atoms with Crippen molar-refractivity contribution < 1.29 is 4.79 Å². The number of hydrogen-bond donors (Lipinski definition) is 0. The molecule has 0 radical (unpaired) electrons. The van der Waals surface area contributed by atoms with Crippen molar-refractivity contribution in [3.8, 4) is 0 Å². The van der Waals surface area contributed by atoms with Gasteiger partial charge in [0.25, 0.3) is 0 Å². The lowest BCUT2D eigenvalue weighted by atomic mass is 10.2. The van der Waals surface area contributed by atoms with Gasteiger partial charge in [-0.15, -0.1) is 0 Å². The molecule has 0 aliphatic rings. The lowest BCUT2D eigenvalue weighted by molar-refractivity contribution is -0.130. The molecule has 0 saturated carbocycles. The third-order valence-electron chi connectivity index (χ3n) is 4.17. The predicted octanol–water partition coefficient (Wildman–Crippen LogP) is 4.47. The highest BCUT2D eigenvalue weighted by molar-refractivity contribution is 7.99. The number of thioether (sulfide) groups is 1. The van der Waals surface area contributed by atoms with Gasteiger partial charge < -0.3 is 4.90 Å². The second-order valence-corrected chi connectivity index (χ2v) is 7.46. The van der Waals surface area contributed by atoms with Gasteiger partial charge in [-0.05, 0) is 38.5 Å². The van der Waals surface area contributed by atoms with E-state index in [0.29, 0.717) is 12.3 Å². The fourth-order valence-electron chi connectivity index (χ4n) is 2.76. The molecular weight excluding hydrogens is 342 g/mol. The van der Waals surface area contributed by atoms with Gasteiger partial charge >= 0.3 is 0 Å². The normalized spacial score (nSPS) is 11.1. The maximum Gasteiger partial charge on any atom is 0.233 e. The highest BCUT2D eigenvalue weighted by Gasteiger charge is 2.18. The number of nitrogens with zero attached hydrogens (tertiary/aromatic N) is 3. The van der Waals surface area contributed by atoms with Crippen LogP contribution in [0.25, 0.3) is 11.0 Å². The summed E-state index contributed by atoms with van der Waals surface area (Å²) in [6, 6.07) is 18.0. The Hall–Kier alpha value is -2.40. The zero-order valence-corrected chi connectivity index (χ0v) is 16.2. The summed E-state index contributed by atoms with van der Waals surface area (Å²) in [5.74, 6) is 0.474. The molecule has 2 aromatic carbocycles.